The minimum atomic E-state index is -0.960. The van der Waals surface area contributed by atoms with E-state index in [1.807, 2.05) is 7.05 Å². The topological polar surface area (TPSA) is 103 Å². The van der Waals surface area contributed by atoms with Crippen LogP contribution in [0.4, 0.5) is 4.79 Å². The molecule has 9 heteroatoms. The zero-order valence-electron chi connectivity index (χ0n) is 13.8. The number of hydrogen-bond acceptors (Lipinski definition) is 6. The van der Waals surface area contributed by atoms with Crippen LogP contribution in [0.3, 0.4) is 0 Å². The van der Waals surface area contributed by atoms with Crippen LogP contribution < -0.4 is 16.1 Å². The number of morpholine rings is 1. The van der Waals surface area contributed by atoms with Crippen molar-refractivity contribution in [3.63, 3.8) is 0 Å². The van der Waals surface area contributed by atoms with Gasteiger partial charge in [0.1, 0.15) is 5.54 Å². The van der Waals surface area contributed by atoms with E-state index in [2.05, 4.69) is 21.0 Å². The molecule has 130 valence electrons. The Morgan fingerprint density at radius 2 is 2.22 bits per heavy atom. The van der Waals surface area contributed by atoms with Crippen molar-refractivity contribution in [2.75, 3.05) is 39.8 Å². The third kappa shape index (κ3) is 4.18. The van der Waals surface area contributed by atoms with Crippen LogP contribution >= 0.6 is 0 Å². The fourth-order valence-corrected chi connectivity index (χ4v) is 2.53. The molecule has 0 aromatic rings. The SMILES string of the molecule is CC[C@]1(C)NC(=O)N(NC(=O)CNC[C@H]2CN(C)CCO2)C1=O. The molecule has 0 aromatic heterocycles. The van der Waals surface area contributed by atoms with Gasteiger partial charge in [-0.2, -0.15) is 5.01 Å². The van der Waals surface area contributed by atoms with Crippen LogP contribution in [0, 0.1) is 0 Å². The zero-order valence-corrected chi connectivity index (χ0v) is 13.8. The number of nitrogens with zero attached hydrogens (tertiary/aromatic N) is 2. The number of hydrazine groups is 1. The van der Waals surface area contributed by atoms with Gasteiger partial charge in [-0.1, -0.05) is 6.92 Å². The van der Waals surface area contributed by atoms with Crippen LogP contribution in [-0.2, 0) is 14.3 Å². The van der Waals surface area contributed by atoms with Crippen molar-refractivity contribution in [1.29, 1.82) is 0 Å². The summed E-state index contributed by atoms with van der Waals surface area (Å²) in [5.41, 5.74) is 1.37. The summed E-state index contributed by atoms with van der Waals surface area (Å²) in [6.45, 7) is 6.35. The maximum Gasteiger partial charge on any atom is 0.344 e. The van der Waals surface area contributed by atoms with Gasteiger partial charge in [0.05, 0.1) is 19.3 Å². The molecule has 0 aromatic carbocycles. The molecule has 0 spiro atoms. The molecule has 2 fully saturated rings. The second kappa shape index (κ2) is 7.24. The molecule has 0 bridgehead atoms. The van der Waals surface area contributed by atoms with E-state index in [1.165, 1.54) is 0 Å². The summed E-state index contributed by atoms with van der Waals surface area (Å²) in [4.78, 5) is 38.0. The molecule has 2 aliphatic rings. The van der Waals surface area contributed by atoms with Crippen molar-refractivity contribution in [3.05, 3.63) is 0 Å². The van der Waals surface area contributed by atoms with Crippen LogP contribution in [0.2, 0.25) is 0 Å². The van der Waals surface area contributed by atoms with Crippen molar-refractivity contribution in [2.45, 2.75) is 31.9 Å². The van der Waals surface area contributed by atoms with E-state index >= 15 is 0 Å². The second-order valence-electron chi connectivity index (χ2n) is 6.18. The number of nitrogens with one attached hydrogen (secondary N) is 3. The minimum Gasteiger partial charge on any atom is -0.374 e. The first-order chi connectivity index (χ1) is 10.9. The predicted molar refractivity (Wildman–Crippen MR) is 82.3 cm³/mol. The fraction of sp³-hybridized carbons (Fsp3) is 0.786. The van der Waals surface area contributed by atoms with Gasteiger partial charge in [0.25, 0.3) is 11.8 Å². The summed E-state index contributed by atoms with van der Waals surface area (Å²) in [5, 5.41) is 6.30. The van der Waals surface area contributed by atoms with Gasteiger partial charge in [0.15, 0.2) is 0 Å². The molecule has 2 saturated heterocycles. The quantitative estimate of drug-likeness (QED) is 0.522. The van der Waals surface area contributed by atoms with Crippen molar-refractivity contribution in [1.82, 2.24) is 26.0 Å². The number of amides is 4. The van der Waals surface area contributed by atoms with Crippen molar-refractivity contribution in [3.8, 4) is 0 Å². The highest BCUT2D eigenvalue weighted by atomic mass is 16.5. The number of urea groups is 1. The Morgan fingerprint density at radius 3 is 2.83 bits per heavy atom. The van der Waals surface area contributed by atoms with Gasteiger partial charge in [0.2, 0.25) is 0 Å². The number of imide groups is 1. The Hall–Kier alpha value is -1.71. The summed E-state index contributed by atoms with van der Waals surface area (Å²) in [7, 11) is 2.02. The lowest BCUT2D eigenvalue weighted by Crippen LogP contribution is -2.51. The average molecular weight is 327 g/mol. The van der Waals surface area contributed by atoms with E-state index in [4.69, 9.17) is 4.74 Å². The molecule has 2 atom stereocenters. The molecule has 9 nitrogen and oxygen atoms in total. The number of likely N-dealkylation sites (N-methyl/N-ethyl adjacent to an activating group) is 1. The Balaban J connectivity index is 1.74. The standard InChI is InChI=1S/C14H25N5O4/c1-4-14(2)12(21)19(13(22)16-14)17-11(20)8-15-7-10-9-18(3)5-6-23-10/h10,15H,4-9H2,1-3H3,(H,16,22)(H,17,20)/t10-,14-/m0/s1. The summed E-state index contributed by atoms with van der Waals surface area (Å²) in [5.74, 6) is -0.895. The molecule has 4 amide bonds. The van der Waals surface area contributed by atoms with Gasteiger partial charge < -0.3 is 20.3 Å². The van der Waals surface area contributed by atoms with E-state index in [0.29, 0.717) is 19.6 Å². The highest BCUT2D eigenvalue weighted by molar-refractivity contribution is 6.07. The van der Waals surface area contributed by atoms with Gasteiger partial charge in [-0.15, -0.1) is 0 Å². The van der Waals surface area contributed by atoms with Crippen LogP contribution in [0.15, 0.2) is 0 Å². The summed E-state index contributed by atoms with van der Waals surface area (Å²) < 4.78 is 5.58. The predicted octanol–water partition coefficient (Wildman–Crippen LogP) is -1.34. The lowest BCUT2D eigenvalue weighted by Gasteiger charge is -2.30. The van der Waals surface area contributed by atoms with Gasteiger partial charge in [-0.25, -0.2) is 4.79 Å². The summed E-state index contributed by atoms with van der Waals surface area (Å²) in [6, 6.07) is -0.607. The second-order valence-corrected chi connectivity index (χ2v) is 6.18. The highest BCUT2D eigenvalue weighted by Crippen LogP contribution is 2.18. The molecular weight excluding hydrogens is 302 g/mol. The average Bonchev–Trinajstić information content (AvgIpc) is 2.71. The van der Waals surface area contributed by atoms with E-state index in [1.54, 1.807) is 13.8 Å². The van der Waals surface area contributed by atoms with Gasteiger partial charge in [-0.3, -0.25) is 15.0 Å². The van der Waals surface area contributed by atoms with E-state index in [0.717, 1.165) is 18.1 Å². The Kier molecular flexibility index (Phi) is 5.55. The van der Waals surface area contributed by atoms with Crippen LogP contribution in [0.25, 0.3) is 0 Å². The summed E-state index contributed by atoms with van der Waals surface area (Å²) in [6.07, 6.45) is 0.482. The van der Waals surface area contributed by atoms with Gasteiger partial charge in [-0.05, 0) is 20.4 Å². The number of carbonyl (C=O) groups is 3. The molecule has 2 aliphatic heterocycles. The molecule has 0 aliphatic carbocycles. The Morgan fingerprint density at radius 1 is 1.48 bits per heavy atom. The monoisotopic (exact) mass is 327 g/mol. The summed E-state index contributed by atoms with van der Waals surface area (Å²) >= 11 is 0. The van der Waals surface area contributed by atoms with Crippen LogP contribution in [0.1, 0.15) is 20.3 Å². The third-order valence-corrected chi connectivity index (χ3v) is 4.20. The lowest BCUT2D eigenvalue weighted by molar-refractivity contribution is -0.138. The Bertz CT molecular complexity index is 486. The van der Waals surface area contributed by atoms with Crippen molar-refractivity contribution in [2.24, 2.45) is 0 Å². The third-order valence-electron chi connectivity index (χ3n) is 4.20. The minimum absolute atomic E-state index is 0.00345. The molecule has 0 saturated carbocycles. The molecule has 0 unspecified atom stereocenters. The van der Waals surface area contributed by atoms with Crippen molar-refractivity contribution < 1.29 is 19.1 Å². The Labute approximate surface area is 135 Å². The van der Waals surface area contributed by atoms with Crippen LogP contribution in [-0.4, -0.2) is 79.2 Å². The van der Waals surface area contributed by atoms with E-state index in [-0.39, 0.29) is 12.6 Å². The van der Waals surface area contributed by atoms with Gasteiger partial charge in [0, 0.05) is 19.6 Å². The maximum absolute atomic E-state index is 12.1. The molecule has 3 N–H and O–H groups in total. The van der Waals surface area contributed by atoms with Crippen molar-refractivity contribution >= 4 is 17.8 Å². The first-order valence-electron chi connectivity index (χ1n) is 7.83. The smallest absolute Gasteiger partial charge is 0.344 e. The number of rotatable bonds is 6. The molecule has 23 heavy (non-hydrogen) atoms. The normalized spacial score (nSPS) is 28.8. The first-order valence-corrected chi connectivity index (χ1v) is 7.83. The first kappa shape index (κ1) is 17.6. The van der Waals surface area contributed by atoms with Crippen LogP contribution in [0.5, 0.6) is 0 Å². The lowest BCUT2D eigenvalue weighted by atomic mass is 10.00. The molecule has 2 heterocycles. The number of ether oxygens (including phenoxy) is 1. The number of hydrogen-bond donors (Lipinski definition) is 3. The molecule has 0 radical (unpaired) electrons. The molecular formula is C14H25N5O4. The van der Waals surface area contributed by atoms with Gasteiger partial charge >= 0.3 is 6.03 Å². The van der Waals surface area contributed by atoms with E-state index < -0.39 is 23.4 Å². The number of carbonyl (C=O) groups excluding carboxylic acids is 3. The highest BCUT2D eigenvalue weighted by Gasteiger charge is 2.47. The largest absolute Gasteiger partial charge is 0.374 e. The zero-order chi connectivity index (χ0) is 17.0. The van der Waals surface area contributed by atoms with E-state index in [9.17, 15) is 14.4 Å². The fourth-order valence-electron chi connectivity index (χ4n) is 2.53. The molecule has 2 rings (SSSR count). The maximum atomic E-state index is 12.1.